The van der Waals surface area contributed by atoms with Gasteiger partial charge in [0.1, 0.15) is 17.3 Å². The highest BCUT2D eigenvalue weighted by Gasteiger charge is 2.25. The van der Waals surface area contributed by atoms with E-state index in [2.05, 4.69) is 0 Å². The fourth-order valence-corrected chi connectivity index (χ4v) is 4.56. The molecule has 0 amide bonds. The van der Waals surface area contributed by atoms with Crippen LogP contribution in [0.2, 0.25) is 0 Å². The Labute approximate surface area is 186 Å². The average molecular weight is 434 g/mol. The lowest BCUT2D eigenvalue weighted by atomic mass is 10.0. The molecule has 0 unspecified atom stereocenters. The Morgan fingerprint density at radius 3 is 2.44 bits per heavy atom. The standard InChI is InChI=1S/C24H26N4O4/c1-31-17-11-15(12-18(13-17)32-2)23-19-5-3-6-20(19)24(30)28(26-23)22-8-4-7-21(25-22)27-10-9-16(29)14-27/h4,7-8,11-13,16,29H,3,5-6,9-10,14H2,1-2H3/t16-/m0/s1. The van der Waals surface area contributed by atoms with Gasteiger partial charge in [-0.1, -0.05) is 6.07 Å². The summed E-state index contributed by atoms with van der Waals surface area (Å²) < 4.78 is 12.3. The van der Waals surface area contributed by atoms with Gasteiger partial charge in [-0.2, -0.15) is 9.78 Å². The van der Waals surface area contributed by atoms with Crippen LogP contribution in [0.1, 0.15) is 24.0 Å². The first-order valence-electron chi connectivity index (χ1n) is 10.9. The summed E-state index contributed by atoms with van der Waals surface area (Å²) in [5.74, 6) is 2.54. The van der Waals surface area contributed by atoms with Gasteiger partial charge in [0.05, 0.1) is 26.0 Å². The minimum absolute atomic E-state index is 0.123. The zero-order valence-electron chi connectivity index (χ0n) is 18.2. The van der Waals surface area contributed by atoms with Gasteiger partial charge in [0.2, 0.25) is 0 Å². The van der Waals surface area contributed by atoms with E-state index in [1.165, 1.54) is 4.68 Å². The Balaban J connectivity index is 1.65. The van der Waals surface area contributed by atoms with Gasteiger partial charge in [0.15, 0.2) is 5.82 Å². The van der Waals surface area contributed by atoms with Crippen LogP contribution in [0.4, 0.5) is 5.82 Å². The molecule has 3 aromatic rings. The van der Waals surface area contributed by atoms with E-state index in [1.54, 1.807) is 20.3 Å². The minimum Gasteiger partial charge on any atom is -0.497 e. The summed E-state index contributed by atoms with van der Waals surface area (Å²) in [6.45, 7) is 1.27. The van der Waals surface area contributed by atoms with Crippen molar-refractivity contribution in [3.63, 3.8) is 0 Å². The predicted molar refractivity (Wildman–Crippen MR) is 121 cm³/mol. The van der Waals surface area contributed by atoms with E-state index in [9.17, 15) is 9.90 Å². The van der Waals surface area contributed by atoms with Crippen molar-refractivity contribution in [1.82, 2.24) is 14.8 Å². The molecule has 1 atom stereocenters. The van der Waals surface area contributed by atoms with E-state index in [1.807, 2.05) is 35.2 Å². The first-order chi connectivity index (χ1) is 15.6. The van der Waals surface area contributed by atoms with Crippen molar-refractivity contribution in [2.45, 2.75) is 31.8 Å². The lowest BCUT2D eigenvalue weighted by Crippen LogP contribution is -2.28. The van der Waals surface area contributed by atoms with Crippen LogP contribution in [0.15, 0.2) is 41.2 Å². The van der Waals surface area contributed by atoms with Crippen molar-refractivity contribution in [2.75, 3.05) is 32.2 Å². The van der Waals surface area contributed by atoms with Gasteiger partial charge in [0, 0.05) is 30.3 Å². The normalized spacial score (nSPS) is 17.5. The minimum atomic E-state index is -0.351. The maximum Gasteiger partial charge on any atom is 0.276 e. The number of aromatic nitrogens is 3. The fraction of sp³-hybridized carbons (Fsp3) is 0.375. The lowest BCUT2D eigenvalue weighted by Gasteiger charge is -2.18. The number of rotatable bonds is 5. The molecule has 1 saturated heterocycles. The first-order valence-corrected chi connectivity index (χ1v) is 10.9. The smallest absolute Gasteiger partial charge is 0.276 e. The van der Waals surface area contributed by atoms with Crippen LogP contribution in [0.3, 0.4) is 0 Å². The number of pyridine rings is 1. The Bertz CT molecular complexity index is 1200. The molecule has 1 aromatic carbocycles. The SMILES string of the molecule is COc1cc(OC)cc(-c2nn(-c3cccc(N4CC[C@H](O)C4)n3)c(=O)c3c2CCC3)c1. The molecule has 1 fully saturated rings. The van der Waals surface area contributed by atoms with Gasteiger partial charge in [-0.05, 0) is 55.5 Å². The van der Waals surface area contributed by atoms with Crippen molar-refractivity contribution >= 4 is 5.82 Å². The van der Waals surface area contributed by atoms with Crippen LogP contribution in [0.5, 0.6) is 11.5 Å². The van der Waals surface area contributed by atoms with Crippen LogP contribution >= 0.6 is 0 Å². The number of benzene rings is 1. The van der Waals surface area contributed by atoms with Crippen molar-refractivity contribution in [3.05, 3.63) is 57.9 Å². The maximum absolute atomic E-state index is 13.3. The molecule has 1 aliphatic carbocycles. The molecule has 0 saturated carbocycles. The summed E-state index contributed by atoms with van der Waals surface area (Å²) in [5, 5.41) is 14.7. The number of β-amino-alcohol motifs (C(OH)–C–C–N with tert-alkyl or cyclic N) is 1. The summed E-state index contributed by atoms with van der Waals surface area (Å²) >= 11 is 0. The Morgan fingerprint density at radius 2 is 1.75 bits per heavy atom. The van der Waals surface area contributed by atoms with Crippen LogP contribution < -0.4 is 19.9 Å². The lowest BCUT2D eigenvalue weighted by molar-refractivity contribution is 0.198. The Morgan fingerprint density at radius 1 is 1.03 bits per heavy atom. The first kappa shape index (κ1) is 20.5. The molecule has 0 bridgehead atoms. The van der Waals surface area contributed by atoms with Gasteiger partial charge < -0.3 is 19.5 Å². The molecular formula is C24H26N4O4. The Hall–Kier alpha value is -3.39. The van der Waals surface area contributed by atoms with Crippen LogP contribution in [-0.4, -0.2) is 53.3 Å². The second-order valence-electron chi connectivity index (χ2n) is 8.22. The van der Waals surface area contributed by atoms with E-state index in [0.717, 1.165) is 54.0 Å². The molecule has 1 aliphatic heterocycles. The highest BCUT2D eigenvalue weighted by molar-refractivity contribution is 5.68. The van der Waals surface area contributed by atoms with Crippen LogP contribution in [0.25, 0.3) is 17.1 Å². The molecule has 166 valence electrons. The fourth-order valence-electron chi connectivity index (χ4n) is 4.56. The molecule has 8 heteroatoms. The molecule has 8 nitrogen and oxygen atoms in total. The highest BCUT2D eigenvalue weighted by atomic mass is 16.5. The number of fused-ring (bicyclic) bond motifs is 1. The second kappa shape index (κ2) is 8.27. The number of nitrogens with zero attached hydrogens (tertiary/aromatic N) is 4. The van der Waals surface area contributed by atoms with Gasteiger partial charge in [-0.25, -0.2) is 4.98 Å². The zero-order valence-corrected chi connectivity index (χ0v) is 18.2. The van der Waals surface area contributed by atoms with E-state index in [0.29, 0.717) is 30.3 Å². The highest BCUT2D eigenvalue weighted by Crippen LogP contribution is 2.34. The molecule has 3 heterocycles. The van der Waals surface area contributed by atoms with Crippen LogP contribution in [0, 0.1) is 0 Å². The summed E-state index contributed by atoms with van der Waals surface area (Å²) in [5.41, 5.74) is 3.24. The monoisotopic (exact) mass is 434 g/mol. The number of anilines is 1. The van der Waals surface area contributed by atoms with E-state index < -0.39 is 0 Å². The molecule has 0 spiro atoms. The molecule has 2 aromatic heterocycles. The average Bonchev–Trinajstić information content (AvgIpc) is 3.49. The summed E-state index contributed by atoms with van der Waals surface area (Å²) in [6, 6.07) is 11.2. The third kappa shape index (κ3) is 3.60. The summed E-state index contributed by atoms with van der Waals surface area (Å²) in [6.07, 6.45) is 2.82. The second-order valence-corrected chi connectivity index (χ2v) is 8.22. The van der Waals surface area contributed by atoms with E-state index in [-0.39, 0.29) is 11.7 Å². The summed E-state index contributed by atoms with van der Waals surface area (Å²) in [7, 11) is 3.23. The van der Waals surface area contributed by atoms with Gasteiger partial charge in [-0.15, -0.1) is 0 Å². The summed E-state index contributed by atoms with van der Waals surface area (Å²) in [4.78, 5) is 20.1. The molecule has 5 rings (SSSR count). The molecular weight excluding hydrogens is 408 g/mol. The Kier molecular flexibility index (Phi) is 5.30. The molecule has 0 radical (unpaired) electrons. The maximum atomic E-state index is 13.3. The largest absolute Gasteiger partial charge is 0.497 e. The number of aliphatic hydroxyl groups is 1. The third-order valence-corrected chi connectivity index (χ3v) is 6.20. The number of ether oxygens (including phenoxy) is 2. The number of hydrogen-bond acceptors (Lipinski definition) is 7. The molecule has 32 heavy (non-hydrogen) atoms. The zero-order chi connectivity index (χ0) is 22.2. The number of aliphatic hydroxyl groups excluding tert-OH is 1. The van der Waals surface area contributed by atoms with Crippen molar-refractivity contribution < 1.29 is 14.6 Å². The number of hydrogen-bond donors (Lipinski definition) is 1. The predicted octanol–water partition coefficient (Wildman–Crippen LogP) is 2.37. The topological polar surface area (TPSA) is 89.7 Å². The van der Waals surface area contributed by atoms with Gasteiger partial charge >= 0.3 is 0 Å². The van der Waals surface area contributed by atoms with Crippen molar-refractivity contribution in [1.29, 1.82) is 0 Å². The van der Waals surface area contributed by atoms with Crippen molar-refractivity contribution in [3.8, 4) is 28.6 Å². The van der Waals surface area contributed by atoms with Crippen LogP contribution in [-0.2, 0) is 12.8 Å². The van der Waals surface area contributed by atoms with E-state index in [4.69, 9.17) is 19.6 Å². The molecule has 2 aliphatic rings. The molecule has 1 N–H and O–H groups in total. The number of methoxy groups -OCH3 is 2. The van der Waals surface area contributed by atoms with Crippen molar-refractivity contribution in [2.24, 2.45) is 0 Å². The quantitative estimate of drug-likeness (QED) is 0.659. The van der Waals surface area contributed by atoms with Gasteiger partial charge in [0.25, 0.3) is 5.56 Å². The van der Waals surface area contributed by atoms with Gasteiger partial charge in [-0.3, -0.25) is 4.79 Å². The third-order valence-electron chi connectivity index (χ3n) is 6.20. The van der Waals surface area contributed by atoms with E-state index >= 15 is 0 Å².